The fourth-order valence-corrected chi connectivity index (χ4v) is 1.23. The van der Waals surface area contributed by atoms with Crippen molar-refractivity contribution in [1.82, 2.24) is 15.1 Å². The molecule has 82 valence electrons. The van der Waals surface area contributed by atoms with Crippen LogP contribution in [0.4, 0.5) is 0 Å². The third-order valence-corrected chi connectivity index (χ3v) is 1.84. The highest BCUT2D eigenvalue weighted by atomic mass is 16.4. The van der Waals surface area contributed by atoms with E-state index in [4.69, 9.17) is 5.11 Å². The first kappa shape index (κ1) is 11.2. The molecule has 0 aliphatic heterocycles. The Labute approximate surface area is 86.9 Å². The lowest BCUT2D eigenvalue weighted by molar-refractivity contribution is -0.137. The first-order chi connectivity index (χ1) is 7.15. The number of aliphatic carboxylic acids is 1. The number of nitrogens with one attached hydrogen (secondary N) is 1. The molecule has 0 spiro atoms. The molecule has 1 rings (SSSR count). The van der Waals surface area contributed by atoms with Crippen LogP contribution in [0.15, 0.2) is 12.3 Å². The lowest BCUT2D eigenvalue weighted by atomic mass is 10.3. The summed E-state index contributed by atoms with van der Waals surface area (Å²) in [4.78, 5) is 23.5. The van der Waals surface area contributed by atoms with Crippen LogP contribution in [0.1, 0.15) is 23.8 Å². The molecule has 1 heterocycles. The Kier molecular flexibility index (Phi) is 3.84. The van der Waals surface area contributed by atoms with Crippen LogP contribution in [0.3, 0.4) is 0 Å². The molecule has 0 saturated carbocycles. The normalized spacial score (nSPS) is 9.93. The van der Waals surface area contributed by atoms with Gasteiger partial charge in [-0.25, -0.2) is 0 Å². The number of H-pyrrole nitrogens is 1. The van der Waals surface area contributed by atoms with Crippen LogP contribution in [-0.4, -0.2) is 45.2 Å². The topological polar surface area (TPSA) is 86.3 Å². The maximum absolute atomic E-state index is 11.7. The van der Waals surface area contributed by atoms with Crippen molar-refractivity contribution < 1.29 is 14.7 Å². The quantitative estimate of drug-likeness (QED) is 0.735. The lowest BCUT2D eigenvalue weighted by Crippen LogP contribution is -2.36. The first-order valence-corrected chi connectivity index (χ1v) is 4.65. The van der Waals surface area contributed by atoms with E-state index >= 15 is 0 Å². The Bertz CT molecular complexity index is 334. The van der Waals surface area contributed by atoms with Crippen molar-refractivity contribution in [1.29, 1.82) is 0 Å². The van der Waals surface area contributed by atoms with Gasteiger partial charge in [-0.05, 0) is 12.5 Å². The number of rotatable bonds is 5. The summed E-state index contributed by atoms with van der Waals surface area (Å²) in [5, 5.41) is 14.8. The summed E-state index contributed by atoms with van der Waals surface area (Å²) >= 11 is 0. The van der Waals surface area contributed by atoms with E-state index in [1.165, 1.54) is 17.2 Å². The van der Waals surface area contributed by atoms with E-state index in [-0.39, 0.29) is 12.5 Å². The van der Waals surface area contributed by atoms with Crippen LogP contribution < -0.4 is 0 Å². The summed E-state index contributed by atoms with van der Waals surface area (Å²) < 4.78 is 0. The highest BCUT2D eigenvalue weighted by molar-refractivity contribution is 5.93. The summed E-state index contributed by atoms with van der Waals surface area (Å²) in [6.45, 7) is 2.02. The summed E-state index contributed by atoms with van der Waals surface area (Å²) in [6.07, 6.45) is 2.17. The van der Waals surface area contributed by atoms with Gasteiger partial charge in [-0.2, -0.15) is 5.10 Å². The smallest absolute Gasteiger partial charge is 0.323 e. The average molecular weight is 211 g/mol. The number of amides is 1. The molecule has 1 aromatic rings. The first-order valence-electron chi connectivity index (χ1n) is 4.65. The second kappa shape index (κ2) is 5.14. The van der Waals surface area contributed by atoms with Gasteiger partial charge in [0.25, 0.3) is 5.91 Å². The number of carboxylic acid groups (broad SMARTS) is 1. The fraction of sp³-hybridized carbons (Fsp3) is 0.444. The van der Waals surface area contributed by atoms with Gasteiger partial charge in [0, 0.05) is 12.7 Å². The molecule has 0 unspecified atom stereocenters. The zero-order chi connectivity index (χ0) is 11.3. The molecule has 0 aliphatic carbocycles. The Morgan fingerprint density at radius 1 is 1.60 bits per heavy atom. The highest BCUT2D eigenvalue weighted by Crippen LogP contribution is 2.01. The molecule has 0 aromatic carbocycles. The Balaban J connectivity index is 2.71. The van der Waals surface area contributed by atoms with Gasteiger partial charge >= 0.3 is 5.97 Å². The molecule has 0 saturated heterocycles. The highest BCUT2D eigenvalue weighted by Gasteiger charge is 2.18. The van der Waals surface area contributed by atoms with Crippen molar-refractivity contribution in [2.24, 2.45) is 0 Å². The molecule has 15 heavy (non-hydrogen) atoms. The van der Waals surface area contributed by atoms with Crippen molar-refractivity contribution in [3.63, 3.8) is 0 Å². The SMILES string of the molecule is CCCN(CC(=O)O)C(=O)c1ccn[nH]1. The molecular weight excluding hydrogens is 198 g/mol. The summed E-state index contributed by atoms with van der Waals surface area (Å²) in [5.74, 6) is -1.35. The molecule has 2 N–H and O–H groups in total. The van der Waals surface area contributed by atoms with E-state index in [1.54, 1.807) is 0 Å². The van der Waals surface area contributed by atoms with Crippen LogP contribution in [0.5, 0.6) is 0 Å². The van der Waals surface area contributed by atoms with Gasteiger partial charge < -0.3 is 10.0 Å². The van der Waals surface area contributed by atoms with Gasteiger partial charge in [0.15, 0.2) is 0 Å². The standard InChI is InChI=1S/C9H13N3O3/c1-2-5-12(6-8(13)14)9(15)7-3-4-10-11-7/h3-4H,2,5-6H2,1H3,(H,10,11)(H,13,14). The number of hydrogen-bond acceptors (Lipinski definition) is 3. The molecule has 0 atom stereocenters. The van der Waals surface area contributed by atoms with E-state index in [9.17, 15) is 9.59 Å². The molecule has 6 heteroatoms. The van der Waals surface area contributed by atoms with Crippen molar-refractivity contribution in [3.8, 4) is 0 Å². The van der Waals surface area contributed by atoms with Crippen LogP contribution in [0, 0.1) is 0 Å². The summed E-state index contributed by atoms with van der Waals surface area (Å²) in [6, 6.07) is 1.52. The minimum atomic E-state index is -1.02. The number of carboxylic acids is 1. The summed E-state index contributed by atoms with van der Waals surface area (Å²) in [5.41, 5.74) is 0.310. The minimum Gasteiger partial charge on any atom is -0.480 e. The van der Waals surface area contributed by atoms with Crippen LogP contribution in [0.25, 0.3) is 0 Å². The van der Waals surface area contributed by atoms with Crippen molar-refractivity contribution in [2.75, 3.05) is 13.1 Å². The van der Waals surface area contributed by atoms with Crippen molar-refractivity contribution >= 4 is 11.9 Å². The predicted molar refractivity (Wildman–Crippen MR) is 52.4 cm³/mol. The molecule has 0 bridgehead atoms. The Hall–Kier alpha value is -1.85. The van der Waals surface area contributed by atoms with Crippen molar-refractivity contribution in [2.45, 2.75) is 13.3 Å². The van der Waals surface area contributed by atoms with E-state index in [0.29, 0.717) is 18.7 Å². The lowest BCUT2D eigenvalue weighted by Gasteiger charge is -2.18. The fourth-order valence-electron chi connectivity index (χ4n) is 1.23. The van der Waals surface area contributed by atoms with Crippen molar-refractivity contribution in [3.05, 3.63) is 18.0 Å². The number of aromatic amines is 1. The number of carbonyl (C=O) groups is 2. The zero-order valence-electron chi connectivity index (χ0n) is 8.43. The van der Waals surface area contributed by atoms with E-state index in [0.717, 1.165) is 0 Å². The van der Waals surface area contributed by atoms with E-state index < -0.39 is 5.97 Å². The average Bonchev–Trinajstić information content (AvgIpc) is 2.68. The largest absolute Gasteiger partial charge is 0.480 e. The van der Waals surface area contributed by atoms with Crippen LogP contribution in [-0.2, 0) is 4.79 Å². The Morgan fingerprint density at radius 3 is 2.80 bits per heavy atom. The summed E-state index contributed by atoms with van der Waals surface area (Å²) in [7, 11) is 0. The number of hydrogen-bond donors (Lipinski definition) is 2. The van der Waals surface area contributed by atoms with Crippen LogP contribution >= 0.6 is 0 Å². The van der Waals surface area contributed by atoms with Crippen LogP contribution in [0.2, 0.25) is 0 Å². The predicted octanol–water partition coefficient (Wildman–Crippen LogP) is 0.346. The maximum Gasteiger partial charge on any atom is 0.323 e. The third-order valence-electron chi connectivity index (χ3n) is 1.84. The third kappa shape index (κ3) is 3.08. The molecule has 0 aliphatic rings. The van der Waals surface area contributed by atoms with Gasteiger partial charge in [0.1, 0.15) is 12.2 Å². The maximum atomic E-state index is 11.7. The van der Waals surface area contributed by atoms with Gasteiger partial charge in [0.2, 0.25) is 0 Å². The number of carbonyl (C=O) groups excluding carboxylic acids is 1. The second-order valence-corrected chi connectivity index (χ2v) is 3.09. The minimum absolute atomic E-state index is 0.286. The van der Waals surface area contributed by atoms with E-state index in [2.05, 4.69) is 10.2 Å². The molecule has 0 fully saturated rings. The number of aromatic nitrogens is 2. The molecule has 0 radical (unpaired) electrons. The van der Waals surface area contributed by atoms with Gasteiger partial charge in [-0.3, -0.25) is 14.7 Å². The Morgan fingerprint density at radius 2 is 2.33 bits per heavy atom. The second-order valence-electron chi connectivity index (χ2n) is 3.09. The molecular formula is C9H13N3O3. The molecule has 1 aromatic heterocycles. The monoisotopic (exact) mass is 211 g/mol. The van der Waals surface area contributed by atoms with E-state index in [1.807, 2.05) is 6.92 Å². The van der Waals surface area contributed by atoms with Gasteiger partial charge in [-0.1, -0.05) is 6.92 Å². The zero-order valence-corrected chi connectivity index (χ0v) is 8.43. The number of nitrogens with zero attached hydrogens (tertiary/aromatic N) is 2. The van der Waals surface area contributed by atoms with Gasteiger partial charge in [0.05, 0.1) is 0 Å². The molecule has 1 amide bonds. The van der Waals surface area contributed by atoms with Gasteiger partial charge in [-0.15, -0.1) is 0 Å². The molecule has 6 nitrogen and oxygen atoms in total.